The molecule has 0 unspecified atom stereocenters. The highest BCUT2D eigenvalue weighted by atomic mass is 32.2. The predicted octanol–water partition coefficient (Wildman–Crippen LogP) is 3.49. The van der Waals surface area contributed by atoms with Crippen molar-refractivity contribution in [1.82, 2.24) is 9.62 Å². The number of hydrogen-bond acceptors (Lipinski definition) is 3. The van der Waals surface area contributed by atoms with Crippen LogP contribution in [0.5, 0.6) is 0 Å². The Labute approximate surface area is 151 Å². The van der Waals surface area contributed by atoms with Crippen LogP contribution in [0.3, 0.4) is 0 Å². The van der Waals surface area contributed by atoms with E-state index in [4.69, 9.17) is 0 Å². The lowest BCUT2D eigenvalue weighted by atomic mass is 9.92. The van der Waals surface area contributed by atoms with E-state index >= 15 is 0 Å². The largest absolute Gasteiger partial charge is 0.303 e. The number of sulfonamides is 1. The van der Waals surface area contributed by atoms with Gasteiger partial charge in [-0.05, 0) is 54.1 Å². The zero-order valence-corrected chi connectivity index (χ0v) is 15.9. The molecule has 1 heterocycles. The first-order valence-electron chi connectivity index (χ1n) is 9.15. The fourth-order valence-corrected chi connectivity index (χ4v) is 5.01. The van der Waals surface area contributed by atoms with E-state index in [-0.39, 0.29) is 0 Å². The summed E-state index contributed by atoms with van der Waals surface area (Å²) < 4.78 is 27.8. The molecule has 0 aliphatic carbocycles. The zero-order chi connectivity index (χ0) is 17.9. The van der Waals surface area contributed by atoms with E-state index in [0.29, 0.717) is 11.4 Å². The molecule has 1 saturated heterocycles. The minimum absolute atomic E-state index is 0.339. The monoisotopic (exact) mass is 360 g/mol. The van der Waals surface area contributed by atoms with Gasteiger partial charge in [-0.3, -0.25) is 0 Å². The van der Waals surface area contributed by atoms with Crippen LogP contribution in [0.25, 0.3) is 10.8 Å². The SMILES string of the molecule is C[C@H]1C[C@H](C)CN(CCCNS(=O)(=O)c2ccc3ccccc3c2)C1. The van der Waals surface area contributed by atoms with Gasteiger partial charge in [-0.25, -0.2) is 13.1 Å². The molecule has 3 rings (SSSR count). The maximum absolute atomic E-state index is 12.5. The molecule has 0 aromatic heterocycles. The Kier molecular flexibility index (Phi) is 5.77. The molecule has 4 nitrogen and oxygen atoms in total. The van der Waals surface area contributed by atoms with Crippen molar-refractivity contribution in [2.75, 3.05) is 26.2 Å². The Bertz CT molecular complexity index is 809. The van der Waals surface area contributed by atoms with Crippen LogP contribution in [0.15, 0.2) is 47.4 Å². The number of benzene rings is 2. The van der Waals surface area contributed by atoms with Crippen molar-refractivity contribution >= 4 is 20.8 Å². The molecule has 1 aliphatic heterocycles. The Morgan fingerprint density at radius 1 is 1.04 bits per heavy atom. The van der Waals surface area contributed by atoms with Crippen molar-refractivity contribution in [2.45, 2.75) is 31.6 Å². The lowest BCUT2D eigenvalue weighted by Gasteiger charge is -2.34. The molecule has 1 aliphatic rings. The minimum atomic E-state index is -3.44. The topological polar surface area (TPSA) is 49.4 Å². The van der Waals surface area contributed by atoms with Crippen molar-refractivity contribution in [3.63, 3.8) is 0 Å². The van der Waals surface area contributed by atoms with Crippen LogP contribution in [0.4, 0.5) is 0 Å². The number of nitrogens with zero attached hydrogens (tertiary/aromatic N) is 1. The second-order valence-electron chi connectivity index (χ2n) is 7.47. The number of likely N-dealkylation sites (tertiary alicyclic amines) is 1. The smallest absolute Gasteiger partial charge is 0.240 e. The molecule has 0 amide bonds. The van der Waals surface area contributed by atoms with Gasteiger partial charge >= 0.3 is 0 Å². The van der Waals surface area contributed by atoms with Crippen LogP contribution in [-0.4, -0.2) is 39.5 Å². The maximum atomic E-state index is 12.5. The van der Waals surface area contributed by atoms with Crippen LogP contribution in [0.1, 0.15) is 26.7 Å². The number of fused-ring (bicyclic) bond motifs is 1. The first-order chi connectivity index (χ1) is 11.9. The van der Waals surface area contributed by atoms with Gasteiger partial charge in [0.05, 0.1) is 4.90 Å². The third-order valence-electron chi connectivity index (χ3n) is 4.92. The molecule has 1 fully saturated rings. The average Bonchev–Trinajstić information content (AvgIpc) is 2.57. The van der Waals surface area contributed by atoms with E-state index in [1.54, 1.807) is 12.1 Å². The van der Waals surface area contributed by atoms with Gasteiger partial charge in [0, 0.05) is 19.6 Å². The molecule has 2 aromatic carbocycles. The Morgan fingerprint density at radius 3 is 2.44 bits per heavy atom. The van der Waals surface area contributed by atoms with Gasteiger partial charge in [-0.1, -0.05) is 44.2 Å². The van der Waals surface area contributed by atoms with Gasteiger partial charge in [0.2, 0.25) is 10.0 Å². The summed E-state index contributed by atoms with van der Waals surface area (Å²) in [5, 5.41) is 2.00. The molecular weight excluding hydrogens is 332 g/mol. The summed E-state index contributed by atoms with van der Waals surface area (Å²) in [5.41, 5.74) is 0. The number of hydrogen-bond donors (Lipinski definition) is 1. The van der Waals surface area contributed by atoms with E-state index < -0.39 is 10.0 Å². The van der Waals surface area contributed by atoms with Gasteiger partial charge < -0.3 is 4.90 Å². The van der Waals surface area contributed by atoms with Gasteiger partial charge in [-0.15, -0.1) is 0 Å². The maximum Gasteiger partial charge on any atom is 0.240 e. The Morgan fingerprint density at radius 2 is 1.72 bits per heavy atom. The van der Waals surface area contributed by atoms with E-state index in [1.165, 1.54) is 6.42 Å². The zero-order valence-electron chi connectivity index (χ0n) is 15.1. The second kappa shape index (κ2) is 7.85. The van der Waals surface area contributed by atoms with Gasteiger partial charge in [-0.2, -0.15) is 0 Å². The van der Waals surface area contributed by atoms with Crippen molar-refractivity contribution in [3.05, 3.63) is 42.5 Å². The third kappa shape index (κ3) is 4.81. The highest BCUT2D eigenvalue weighted by Gasteiger charge is 2.21. The lowest BCUT2D eigenvalue weighted by molar-refractivity contribution is 0.140. The summed E-state index contributed by atoms with van der Waals surface area (Å²) in [5.74, 6) is 1.47. The molecule has 25 heavy (non-hydrogen) atoms. The number of rotatable bonds is 6. The number of nitrogens with one attached hydrogen (secondary N) is 1. The van der Waals surface area contributed by atoms with Gasteiger partial charge in [0.1, 0.15) is 0 Å². The summed E-state index contributed by atoms with van der Waals surface area (Å²) in [4.78, 5) is 2.80. The molecule has 2 atom stereocenters. The van der Waals surface area contributed by atoms with Crippen LogP contribution < -0.4 is 4.72 Å². The normalized spacial score (nSPS) is 22.3. The van der Waals surface area contributed by atoms with Crippen LogP contribution >= 0.6 is 0 Å². The molecular formula is C20H28N2O2S. The molecule has 1 N–H and O–H groups in total. The summed E-state index contributed by atoms with van der Waals surface area (Å²) in [6.45, 7) is 8.28. The molecule has 0 saturated carbocycles. The first-order valence-corrected chi connectivity index (χ1v) is 10.6. The second-order valence-corrected chi connectivity index (χ2v) is 9.23. The Balaban J connectivity index is 1.54. The summed E-state index contributed by atoms with van der Waals surface area (Å²) in [6.07, 6.45) is 2.14. The molecule has 0 spiro atoms. The number of piperidine rings is 1. The van der Waals surface area contributed by atoms with E-state index in [0.717, 1.165) is 48.7 Å². The van der Waals surface area contributed by atoms with Gasteiger partial charge in [0.15, 0.2) is 0 Å². The molecule has 136 valence electrons. The van der Waals surface area contributed by atoms with Crippen molar-refractivity contribution in [3.8, 4) is 0 Å². The van der Waals surface area contributed by atoms with Crippen molar-refractivity contribution < 1.29 is 8.42 Å². The summed E-state index contributed by atoms with van der Waals surface area (Å²) in [7, 11) is -3.44. The standard InChI is InChI=1S/C20H28N2O2S/c1-16-12-17(2)15-22(14-16)11-5-10-21-25(23,24)20-9-8-18-6-3-4-7-19(18)13-20/h3-4,6-9,13,16-17,21H,5,10-12,14-15H2,1-2H3/t16-,17-/m0/s1. The van der Waals surface area contributed by atoms with E-state index in [9.17, 15) is 8.42 Å². The average molecular weight is 361 g/mol. The molecule has 5 heteroatoms. The highest BCUT2D eigenvalue weighted by molar-refractivity contribution is 7.89. The van der Waals surface area contributed by atoms with Crippen molar-refractivity contribution in [2.24, 2.45) is 11.8 Å². The van der Waals surface area contributed by atoms with Crippen LogP contribution in [0.2, 0.25) is 0 Å². The van der Waals surface area contributed by atoms with Gasteiger partial charge in [0.25, 0.3) is 0 Å². The minimum Gasteiger partial charge on any atom is -0.303 e. The van der Waals surface area contributed by atoms with Crippen molar-refractivity contribution in [1.29, 1.82) is 0 Å². The summed E-state index contributed by atoms with van der Waals surface area (Å²) >= 11 is 0. The quantitative estimate of drug-likeness (QED) is 0.802. The van der Waals surface area contributed by atoms with Crippen LogP contribution in [0, 0.1) is 11.8 Å². The fourth-order valence-electron chi connectivity index (χ4n) is 3.90. The first kappa shape index (κ1) is 18.4. The molecule has 0 bridgehead atoms. The molecule has 0 radical (unpaired) electrons. The van der Waals surface area contributed by atoms with Crippen LogP contribution in [-0.2, 0) is 10.0 Å². The third-order valence-corrected chi connectivity index (χ3v) is 6.38. The van der Waals surface area contributed by atoms with E-state index in [2.05, 4.69) is 23.5 Å². The lowest BCUT2D eigenvalue weighted by Crippen LogP contribution is -2.40. The fraction of sp³-hybridized carbons (Fsp3) is 0.500. The highest BCUT2D eigenvalue weighted by Crippen LogP contribution is 2.21. The Hall–Kier alpha value is -1.43. The summed E-state index contributed by atoms with van der Waals surface area (Å²) in [6, 6.07) is 13.1. The molecule has 2 aromatic rings. The predicted molar refractivity (Wildman–Crippen MR) is 103 cm³/mol. The van der Waals surface area contributed by atoms with E-state index in [1.807, 2.05) is 30.3 Å².